The number of benzene rings is 1. The third kappa shape index (κ3) is 4.07. The third-order valence-corrected chi connectivity index (χ3v) is 3.73. The Balaban J connectivity index is 2.11. The number of carbonyl (C=O) groups excluding carboxylic acids is 1. The molecule has 0 saturated carbocycles. The maximum Gasteiger partial charge on any atom is 0.255 e. The smallest absolute Gasteiger partial charge is 0.255 e. The Labute approximate surface area is 125 Å². The van der Waals surface area contributed by atoms with Gasteiger partial charge in [0.05, 0.1) is 12.2 Å². The van der Waals surface area contributed by atoms with Crippen LogP contribution in [-0.4, -0.2) is 47.3 Å². The van der Waals surface area contributed by atoms with Crippen molar-refractivity contribution in [1.29, 1.82) is 0 Å². The first kappa shape index (κ1) is 15.6. The van der Waals surface area contributed by atoms with Crippen molar-refractivity contribution in [3.63, 3.8) is 0 Å². The second-order valence-electron chi connectivity index (χ2n) is 5.24. The van der Waals surface area contributed by atoms with Crippen LogP contribution in [0.25, 0.3) is 0 Å². The molecule has 1 aromatic rings. The summed E-state index contributed by atoms with van der Waals surface area (Å²) in [6, 6.07) is 7.33. The highest BCUT2D eigenvalue weighted by Crippen LogP contribution is 2.22. The molecule has 4 nitrogen and oxygen atoms in total. The molecule has 1 heterocycles. The average Bonchev–Trinajstić information content (AvgIpc) is 2.96. The molecule has 1 aliphatic heterocycles. The average molecular weight is 287 g/mol. The first-order valence-corrected chi connectivity index (χ1v) is 7.35. The fourth-order valence-electron chi connectivity index (χ4n) is 2.60. The van der Waals surface area contributed by atoms with Crippen LogP contribution in [0.3, 0.4) is 0 Å². The van der Waals surface area contributed by atoms with E-state index in [1.807, 2.05) is 23.1 Å². The van der Waals surface area contributed by atoms with Crippen molar-refractivity contribution in [2.24, 2.45) is 5.92 Å². The highest BCUT2D eigenvalue weighted by molar-refractivity contribution is 5.96. The number of amides is 1. The zero-order valence-electron chi connectivity index (χ0n) is 12.1. The predicted octanol–water partition coefficient (Wildman–Crippen LogP) is 1.27. The van der Waals surface area contributed by atoms with Crippen molar-refractivity contribution >= 4 is 5.91 Å². The van der Waals surface area contributed by atoms with Crippen LogP contribution in [0.15, 0.2) is 24.3 Å². The Hall–Kier alpha value is -1.83. The Morgan fingerprint density at radius 3 is 2.86 bits per heavy atom. The molecule has 1 amide bonds. The summed E-state index contributed by atoms with van der Waals surface area (Å²) in [4.78, 5) is 14.4. The minimum Gasteiger partial charge on any atom is -0.396 e. The summed E-state index contributed by atoms with van der Waals surface area (Å²) in [5.41, 5.74) is 1.33. The van der Waals surface area contributed by atoms with Crippen LogP contribution < -0.4 is 0 Å². The van der Waals surface area contributed by atoms with Crippen molar-refractivity contribution in [2.75, 3.05) is 26.3 Å². The van der Waals surface area contributed by atoms with Gasteiger partial charge in [-0.3, -0.25) is 4.79 Å². The van der Waals surface area contributed by atoms with Crippen molar-refractivity contribution < 1.29 is 15.0 Å². The van der Waals surface area contributed by atoms with Crippen molar-refractivity contribution in [2.45, 2.75) is 19.3 Å². The van der Waals surface area contributed by atoms with Crippen molar-refractivity contribution in [1.82, 2.24) is 4.90 Å². The summed E-state index contributed by atoms with van der Waals surface area (Å²) in [6.45, 7) is 1.65. The number of hydrogen-bond acceptors (Lipinski definition) is 3. The largest absolute Gasteiger partial charge is 0.396 e. The Morgan fingerprint density at radius 2 is 2.10 bits per heavy atom. The molecule has 0 aromatic heterocycles. The molecular formula is C17H21NO3. The molecule has 1 atom stereocenters. The molecule has 2 rings (SSSR count). The molecule has 0 aliphatic carbocycles. The van der Waals surface area contributed by atoms with E-state index < -0.39 is 0 Å². The molecule has 4 heteroatoms. The topological polar surface area (TPSA) is 60.8 Å². The van der Waals surface area contributed by atoms with Gasteiger partial charge in [-0.15, -0.1) is 0 Å². The molecule has 1 unspecified atom stereocenters. The summed E-state index contributed by atoms with van der Waals surface area (Å²) >= 11 is 0. The molecule has 0 radical (unpaired) electrons. The molecule has 1 aliphatic rings. The van der Waals surface area contributed by atoms with Crippen molar-refractivity contribution in [3.8, 4) is 11.8 Å². The number of carbonyl (C=O) groups is 1. The predicted molar refractivity (Wildman–Crippen MR) is 80.7 cm³/mol. The van der Waals surface area contributed by atoms with Gasteiger partial charge in [-0.25, -0.2) is 0 Å². The number of rotatable bonds is 4. The van der Waals surface area contributed by atoms with Crippen LogP contribution in [0, 0.1) is 17.8 Å². The van der Waals surface area contributed by atoms with Gasteiger partial charge in [0.2, 0.25) is 0 Å². The standard InChI is InChI=1S/C17H21NO3/c19-11-4-3-6-15-5-1-2-7-16(15)17(21)18-10-8-14(13-18)9-12-20/h1-2,5,7,14,19-20H,4,8-13H2. The monoisotopic (exact) mass is 287 g/mol. The van der Waals surface area contributed by atoms with E-state index in [-0.39, 0.29) is 19.1 Å². The molecule has 2 N–H and O–H groups in total. The summed E-state index contributed by atoms with van der Waals surface area (Å²) in [7, 11) is 0. The van der Waals surface area contributed by atoms with E-state index in [0.717, 1.165) is 19.4 Å². The zero-order valence-corrected chi connectivity index (χ0v) is 12.1. The SMILES string of the molecule is O=C(c1ccccc1C#CCCO)N1CCC(CCO)C1. The number of aliphatic hydroxyl groups is 2. The second kappa shape index (κ2) is 7.82. The quantitative estimate of drug-likeness (QED) is 0.820. The molecule has 1 fully saturated rings. The van der Waals surface area contributed by atoms with Gasteiger partial charge < -0.3 is 15.1 Å². The van der Waals surface area contributed by atoms with Gasteiger partial charge in [0.15, 0.2) is 0 Å². The molecule has 0 bridgehead atoms. The van der Waals surface area contributed by atoms with E-state index in [1.54, 1.807) is 6.07 Å². The van der Waals surface area contributed by atoms with Crippen LogP contribution >= 0.6 is 0 Å². The molecule has 1 aromatic carbocycles. The van der Waals surface area contributed by atoms with E-state index in [4.69, 9.17) is 10.2 Å². The van der Waals surface area contributed by atoms with E-state index in [9.17, 15) is 4.79 Å². The Morgan fingerprint density at radius 1 is 1.29 bits per heavy atom. The maximum absolute atomic E-state index is 12.6. The fraction of sp³-hybridized carbons (Fsp3) is 0.471. The number of aliphatic hydroxyl groups excluding tert-OH is 2. The number of hydrogen-bond donors (Lipinski definition) is 2. The lowest BCUT2D eigenvalue weighted by Crippen LogP contribution is -2.29. The molecule has 1 saturated heterocycles. The fourth-order valence-corrected chi connectivity index (χ4v) is 2.60. The van der Waals surface area contributed by atoms with Gasteiger partial charge >= 0.3 is 0 Å². The van der Waals surface area contributed by atoms with Gasteiger partial charge in [0, 0.05) is 31.7 Å². The zero-order chi connectivity index (χ0) is 15.1. The molecule has 112 valence electrons. The highest BCUT2D eigenvalue weighted by Gasteiger charge is 2.27. The van der Waals surface area contributed by atoms with E-state index in [0.29, 0.717) is 30.0 Å². The summed E-state index contributed by atoms with van der Waals surface area (Å²) in [5, 5.41) is 17.8. The first-order chi connectivity index (χ1) is 10.3. The third-order valence-electron chi connectivity index (χ3n) is 3.73. The van der Waals surface area contributed by atoms with Crippen LogP contribution in [0.5, 0.6) is 0 Å². The van der Waals surface area contributed by atoms with Gasteiger partial charge in [-0.1, -0.05) is 24.0 Å². The normalized spacial score (nSPS) is 17.4. The van der Waals surface area contributed by atoms with Gasteiger partial charge in [0.25, 0.3) is 5.91 Å². The van der Waals surface area contributed by atoms with Crippen LogP contribution in [-0.2, 0) is 0 Å². The van der Waals surface area contributed by atoms with Gasteiger partial charge in [-0.2, -0.15) is 0 Å². The minimum absolute atomic E-state index is 0.00402. The van der Waals surface area contributed by atoms with E-state index in [1.165, 1.54) is 0 Å². The number of likely N-dealkylation sites (tertiary alicyclic amines) is 1. The van der Waals surface area contributed by atoms with Crippen LogP contribution in [0.2, 0.25) is 0 Å². The lowest BCUT2D eigenvalue weighted by molar-refractivity contribution is 0.0784. The van der Waals surface area contributed by atoms with Crippen LogP contribution in [0.4, 0.5) is 0 Å². The lowest BCUT2D eigenvalue weighted by atomic mass is 10.1. The summed E-state index contributed by atoms with van der Waals surface area (Å²) in [6.07, 6.45) is 2.11. The van der Waals surface area contributed by atoms with Gasteiger partial charge in [0.1, 0.15) is 0 Å². The minimum atomic E-state index is 0.00402. The summed E-state index contributed by atoms with van der Waals surface area (Å²) in [5.74, 6) is 6.22. The maximum atomic E-state index is 12.6. The highest BCUT2D eigenvalue weighted by atomic mass is 16.3. The lowest BCUT2D eigenvalue weighted by Gasteiger charge is -2.17. The molecular weight excluding hydrogens is 266 g/mol. The Bertz CT molecular complexity index is 544. The Kier molecular flexibility index (Phi) is 5.79. The second-order valence-corrected chi connectivity index (χ2v) is 5.24. The van der Waals surface area contributed by atoms with E-state index in [2.05, 4.69) is 11.8 Å². The molecule has 0 spiro atoms. The van der Waals surface area contributed by atoms with Crippen LogP contribution in [0.1, 0.15) is 35.2 Å². The molecule has 21 heavy (non-hydrogen) atoms. The van der Waals surface area contributed by atoms with Gasteiger partial charge in [-0.05, 0) is 30.9 Å². The first-order valence-electron chi connectivity index (χ1n) is 7.35. The van der Waals surface area contributed by atoms with Crippen molar-refractivity contribution in [3.05, 3.63) is 35.4 Å². The number of nitrogens with zero attached hydrogens (tertiary/aromatic N) is 1. The van der Waals surface area contributed by atoms with E-state index >= 15 is 0 Å². The summed E-state index contributed by atoms with van der Waals surface area (Å²) < 4.78 is 0.